The molecule has 0 aliphatic carbocycles. The molecular weight excluding hydrogens is 314 g/mol. The van der Waals surface area contributed by atoms with E-state index < -0.39 is 17.4 Å². The van der Waals surface area contributed by atoms with E-state index in [0.29, 0.717) is 13.1 Å². The van der Waals surface area contributed by atoms with Gasteiger partial charge in [0, 0.05) is 23.2 Å². The van der Waals surface area contributed by atoms with Crippen molar-refractivity contribution in [3.05, 3.63) is 28.7 Å². The molecule has 0 aromatic heterocycles. The molecule has 5 nitrogen and oxygen atoms in total. The standard InChI is InChI=1S/C13H14BrNO4/c14-9-1-3-10(4-2-9)15-7-5-13(6-8-15,11(16)17)12(18)19/h1-4H,5-8H2,(H,16,17)(H,18,19). The van der Waals surface area contributed by atoms with Crippen LogP contribution in [0.25, 0.3) is 0 Å². The van der Waals surface area contributed by atoms with Gasteiger partial charge < -0.3 is 15.1 Å². The number of hydrogen-bond donors (Lipinski definition) is 2. The van der Waals surface area contributed by atoms with Gasteiger partial charge in [0.1, 0.15) is 0 Å². The van der Waals surface area contributed by atoms with Crippen molar-refractivity contribution in [1.82, 2.24) is 0 Å². The van der Waals surface area contributed by atoms with Crippen LogP contribution >= 0.6 is 15.9 Å². The summed E-state index contributed by atoms with van der Waals surface area (Å²) in [6.45, 7) is 0.862. The highest BCUT2D eigenvalue weighted by atomic mass is 79.9. The Hall–Kier alpha value is -1.56. The van der Waals surface area contributed by atoms with Crippen molar-refractivity contribution in [2.75, 3.05) is 18.0 Å². The minimum atomic E-state index is -1.63. The molecule has 1 aliphatic heterocycles. The maximum atomic E-state index is 11.2. The molecule has 1 saturated heterocycles. The van der Waals surface area contributed by atoms with Crippen LogP contribution in [-0.2, 0) is 9.59 Å². The van der Waals surface area contributed by atoms with Gasteiger partial charge in [0.15, 0.2) is 5.41 Å². The van der Waals surface area contributed by atoms with Gasteiger partial charge in [-0.15, -0.1) is 0 Å². The van der Waals surface area contributed by atoms with Crippen LogP contribution in [0.5, 0.6) is 0 Å². The van der Waals surface area contributed by atoms with E-state index in [9.17, 15) is 9.59 Å². The highest BCUT2D eigenvalue weighted by Crippen LogP contribution is 2.34. The average molecular weight is 328 g/mol. The number of aliphatic carboxylic acids is 2. The van der Waals surface area contributed by atoms with E-state index in [1.54, 1.807) is 0 Å². The number of carboxylic acid groups (broad SMARTS) is 2. The third-order valence-electron chi connectivity index (χ3n) is 3.63. The summed E-state index contributed by atoms with van der Waals surface area (Å²) < 4.78 is 0.971. The van der Waals surface area contributed by atoms with Crippen molar-refractivity contribution in [3.8, 4) is 0 Å². The van der Waals surface area contributed by atoms with Gasteiger partial charge in [0.25, 0.3) is 0 Å². The third-order valence-corrected chi connectivity index (χ3v) is 4.16. The van der Waals surface area contributed by atoms with Crippen LogP contribution < -0.4 is 4.90 Å². The molecule has 0 radical (unpaired) electrons. The molecule has 1 aromatic carbocycles. The van der Waals surface area contributed by atoms with Crippen LogP contribution in [0.3, 0.4) is 0 Å². The molecule has 2 rings (SSSR count). The van der Waals surface area contributed by atoms with Gasteiger partial charge in [0.05, 0.1) is 0 Å². The highest BCUT2D eigenvalue weighted by molar-refractivity contribution is 9.10. The number of anilines is 1. The molecule has 2 N–H and O–H groups in total. The average Bonchev–Trinajstić information content (AvgIpc) is 2.39. The fourth-order valence-corrected chi connectivity index (χ4v) is 2.58. The van der Waals surface area contributed by atoms with Gasteiger partial charge in [-0.25, -0.2) is 0 Å². The molecule has 19 heavy (non-hydrogen) atoms. The van der Waals surface area contributed by atoms with Gasteiger partial charge in [-0.05, 0) is 37.1 Å². The first kappa shape index (κ1) is 13.9. The summed E-state index contributed by atoms with van der Waals surface area (Å²) in [5.41, 5.74) is -0.654. The minimum absolute atomic E-state index is 0.119. The summed E-state index contributed by atoms with van der Waals surface area (Å²) in [6.07, 6.45) is 0.238. The van der Waals surface area contributed by atoms with E-state index in [1.807, 2.05) is 29.2 Å². The molecule has 0 saturated carbocycles. The molecule has 102 valence electrons. The van der Waals surface area contributed by atoms with Crippen molar-refractivity contribution in [1.29, 1.82) is 0 Å². The molecular formula is C13H14BrNO4. The Bertz CT molecular complexity index is 476. The maximum Gasteiger partial charge on any atom is 0.321 e. The first-order valence-electron chi connectivity index (χ1n) is 5.93. The first-order chi connectivity index (χ1) is 8.95. The Morgan fingerprint density at radius 2 is 1.53 bits per heavy atom. The quantitative estimate of drug-likeness (QED) is 0.832. The smallest absolute Gasteiger partial charge is 0.321 e. The maximum absolute atomic E-state index is 11.2. The second-order valence-electron chi connectivity index (χ2n) is 4.66. The largest absolute Gasteiger partial charge is 0.480 e. The fourth-order valence-electron chi connectivity index (χ4n) is 2.32. The van der Waals surface area contributed by atoms with E-state index >= 15 is 0 Å². The van der Waals surface area contributed by atoms with Gasteiger partial charge in [0.2, 0.25) is 0 Å². The monoisotopic (exact) mass is 327 g/mol. The molecule has 0 bridgehead atoms. The lowest BCUT2D eigenvalue weighted by atomic mass is 9.78. The summed E-state index contributed by atoms with van der Waals surface area (Å²) in [4.78, 5) is 24.4. The Labute approximate surface area is 119 Å². The Morgan fingerprint density at radius 3 is 1.95 bits per heavy atom. The van der Waals surface area contributed by atoms with E-state index in [2.05, 4.69) is 15.9 Å². The summed E-state index contributed by atoms with van der Waals surface area (Å²) in [5.74, 6) is -2.48. The van der Waals surface area contributed by atoms with Gasteiger partial charge in [-0.3, -0.25) is 9.59 Å². The normalized spacial score (nSPS) is 18.1. The zero-order chi connectivity index (χ0) is 14.0. The lowest BCUT2D eigenvalue weighted by molar-refractivity contribution is -0.166. The second kappa shape index (κ2) is 5.21. The van der Waals surface area contributed by atoms with Gasteiger partial charge in [-0.2, -0.15) is 0 Å². The number of benzene rings is 1. The molecule has 0 unspecified atom stereocenters. The fraction of sp³-hybridized carbons (Fsp3) is 0.385. The summed E-state index contributed by atoms with van der Waals surface area (Å²) >= 11 is 3.35. The van der Waals surface area contributed by atoms with Gasteiger partial charge in [-0.1, -0.05) is 15.9 Å². The van der Waals surface area contributed by atoms with Crippen LogP contribution in [0.4, 0.5) is 5.69 Å². The summed E-state index contributed by atoms with van der Waals surface area (Å²) in [7, 11) is 0. The number of carboxylic acids is 2. The van der Waals surface area contributed by atoms with Crippen molar-refractivity contribution in [2.45, 2.75) is 12.8 Å². The number of hydrogen-bond acceptors (Lipinski definition) is 3. The Kier molecular flexibility index (Phi) is 3.80. The van der Waals surface area contributed by atoms with Crippen LogP contribution in [-0.4, -0.2) is 35.2 Å². The lowest BCUT2D eigenvalue weighted by Gasteiger charge is -2.37. The topological polar surface area (TPSA) is 77.8 Å². The lowest BCUT2D eigenvalue weighted by Crippen LogP contribution is -2.49. The molecule has 0 atom stereocenters. The van der Waals surface area contributed by atoms with Crippen molar-refractivity contribution in [2.24, 2.45) is 5.41 Å². The van der Waals surface area contributed by atoms with Crippen LogP contribution in [0.2, 0.25) is 0 Å². The Morgan fingerprint density at radius 1 is 1.05 bits per heavy atom. The number of halogens is 1. The Balaban J connectivity index is 2.12. The molecule has 0 amide bonds. The van der Waals surface area contributed by atoms with Crippen LogP contribution in [0, 0.1) is 5.41 Å². The number of rotatable bonds is 3. The third kappa shape index (κ3) is 2.58. The molecule has 1 aliphatic rings. The van der Waals surface area contributed by atoms with E-state index in [1.165, 1.54) is 0 Å². The second-order valence-corrected chi connectivity index (χ2v) is 5.57. The number of nitrogens with zero attached hydrogens (tertiary/aromatic N) is 1. The zero-order valence-electron chi connectivity index (χ0n) is 10.2. The van der Waals surface area contributed by atoms with Crippen molar-refractivity contribution in [3.63, 3.8) is 0 Å². The van der Waals surface area contributed by atoms with Crippen molar-refractivity contribution >= 4 is 33.6 Å². The molecule has 0 spiro atoms. The predicted molar refractivity (Wildman–Crippen MR) is 73.3 cm³/mol. The van der Waals surface area contributed by atoms with E-state index in [-0.39, 0.29) is 12.8 Å². The molecule has 6 heteroatoms. The van der Waals surface area contributed by atoms with E-state index in [0.717, 1.165) is 10.2 Å². The summed E-state index contributed by atoms with van der Waals surface area (Å²) in [5, 5.41) is 18.3. The molecule has 1 aromatic rings. The van der Waals surface area contributed by atoms with Crippen molar-refractivity contribution < 1.29 is 19.8 Å². The van der Waals surface area contributed by atoms with Crippen LogP contribution in [0.15, 0.2) is 28.7 Å². The number of piperidine rings is 1. The molecule has 1 heterocycles. The van der Waals surface area contributed by atoms with E-state index in [4.69, 9.17) is 10.2 Å². The predicted octanol–water partition coefficient (Wildman–Crippen LogP) is 2.20. The van der Waals surface area contributed by atoms with Gasteiger partial charge >= 0.3 is 11.9 Å². The summed E-state index contributed by atoms with van der Waals surface area (Å²) in [6, 6.07) is 7.67. The van der Waals surface area contributed by atoms with Crippen LogP contribution in [0.1, 0.15) is 12.8 Å². The minimum Gasteiger partial charge on any atom is -0.480 e. The zero-order valence-corrected chi connectivity index (χ0v) is 11.8. The number of carbonyl (C=O) groups is 2. The first-order valence-corrected chi connectivity index (χ1v) is 6.72. The molecule has 1 fully saturated rings. The SMILES string of the molecule is O=C(O)C1(C(=O)O)CCN(c2ccc(Br)cc2)CC1. The highest BCUT2D eigenvalue weighted by Gasteiger charge is 2.48.